The molecule has 2 atom stereocenters. The third kappa shape index (κ3) is 3.50. The lowest BCUT2D eigenvalue weighted by atomic mass is 9.93. The molecule has 0 bridgehead atoms. The highest BCUT2D eigenvalue weighted by Crippen LogP contribution is 2.36. The molecular formula is C15H20F3N. The van der Waals surface area contributed by atoms with Gasteiger partial charge in [-0.2, -0.15) is 13.2 Å². The van der Waals surface area contributed by atoms with Crippen molar-refractivity contribution < 1.29 is 13.2 Å². The van der Waals surface area contributed by atoms with E-state index in [-0.39, 0.29) is 0 Å². The van der Waals surface area contributed by atoms with E-state index in [9.17, 15) is 13.2 Å². The summed E-state index contributed by atoms with van der Waals surface area (Å²) in [6.07, 6.45) is 0.163. The molecule has 2 rings (SSSR count). The monoisotopic (exact) mass is 271 g/mol. The molecule has 2 unspecified atom stereocenters. The van der Waals surface area contributed by atoms with Gasteiger partial charge in [-0.05, 0) is 49.4 Å². The van der Waals surface area contributed by atoms with Crippen molar-refractivity contribution in [1.29, 1.82) is 0 Å². The maximum absolute atomic E-state index is 12.5. The number of hydrogen-bond donors (Lipinski definition) is 1. The first-order chi connectivity index (χ1) is 9.02. The van der Waals surface area contributed by atoms with Gasteiger partial charge in [0.1, 0.15) is 0 Å². The van der Waals surface area contributed by atoms with Gasteiger partial charge in [-0.15, -0.1) is 0 Å². The topological polar surface area (TPSA) is 12.0 Å². The Kier molecular flexibility index (Phi) is 4.50. The maximum atomic E-state index is 12.5. The zero-order chi connectivity index (χ0) is 13.9. The first-order valence-corrected chi connectivity index (χ1v) is 6.93. The van der Waals surface area contributed by atoms with Crippen LogP contribution in [0.5, 0.6) is 0 Å². The highest BCUT2D eigenvalue weighted by Gasteiger charge is 2.32. The second kappa shape index (κ2) is 5.95. The van der Waals surface area contributed by atoms with Crippen molar-refractivity contribution in [2.45, 2.75) is 50.7 Å². The average molecular weight is 271 g/mol. The third-order valence-electron chi connectivity index (χ3n) is 3.84. The van der Waals surface area contributed by atoms with Crippen LogP contribution in [0.1, 0.15) is 49.7 Å². The Hall–Kier alpha value is -1.03. The quantitative estimate of drug-likeness (QED) is 0.859. The summed E-state index contributed by atoms with van der Waals surface area (Å²) in [6, 6.07) is 6.09. The van der Waals surface area contributed by atoms with E-state index in [0.29, 0.717) is 12.0 Å². The zero-order valence-electron chi connectivity index (χ0n) is 11.1. The summed E-state index contributed by atoms with van der Waals surface area (Å²) in [5, 5.41) is 3.50. The molecule has 0 saturated heterocycles. The first kappa shape index (κ1) is 14.4. The molecule has 1 fully saturated rings. The van der Waals surface area contributed by atoms with Gasteiger partial charge in [0.15, 0.2) is 0 Å². The minimum Gasteiger partial charge on any atom is -0.313 e. The number of hydrogen-bond acceptors (Lipinski definition) is 1. The van der Waals surface area contributed by atoms with E-state index >= 15 is 0 Å². The minimum atomic E-state index is -4.24. The molecule has 1 nitrogen and oxygen atoms in total. The van der Waals surface area contributed by atoms with Crippen molar-refractivity contribution in [3.05, 3.63) is 35.4 Å². The maximum Gasteiger partial charge on any atom is 0.416 e. The van der Waals surface area contributed by atoms with E-state index in [0.717, 1.165) is 37.8 Å². The van der Waals surface area contributed by atoms with Crippen LogP contribution in [0.3, 0.4) is 0 Å². The van der Waals surface area contributed by atoms with Gasteiger partial charge in [0, 0.05) is 6.04 Å². The molecule has 19 heavy (non-hydrogen) atoms. The summed E-state index contributed by atoms with van der Waals surface area (Å²) in [5.41, 5.74) is 0.464. The number of benzene rings is 1. The number of halogens is 3. The second-order valence-corrected chi connectivity index (χ2v) is 5.22. The SMILES string of the molecule is CCCNC1CCCC1c1ccc(C(F)(F)F)cc1. The molecule has 1 N–H and O–H groups in total. The summed E-state index contributed by atoms with van der Waals surface area (Å²) in [4.78, 5) is 0. The van der Waals surface area contributed by atoms with Crippen molar-refractivity contribution in [3.63, 3.8) is 0 Å². The van der Waals surface area contributed by atoms with Crippen molar-refractivity contribution in [2.24, 2.45) is 0 Å². The Labute approximate surface area is 112 Å². The van der Waals surface area contributed by atoms with Gasteiger partial charge in [0.2, 0.25) is 0 Å². The molecule has 1 aromatic rings. The highest BCUT2D eigenvalue weighted by atomic mass is 19.4. The van der Waals surface area contributed by atoms with Crippen molar-refractivity contribution in [2.75, 3.05) is 6.54 Å². The lowest BCUT2D eigenvalue weighted by molar-refractivity contribution is -0.137. The van der Waals surface area contributed by atoms with Gasteiger partial charge in [-0.3, -0.25) is 0 Å². The summed E-state index contributed by atoms with van der Waals surface area (Å²) >= 11 is 0. The Morgan fingerprint density at radius 1 is 1.16 bits per heavy atom. The molecule has 0 amide bonds. The van der Waals surface area contributed by atoms with Crippen LogP contribution in [0.2, 0.25) is 0 Å². The lowest BCUT2D eigenvalue weighted by Crippen LogP contribution is -2.31. The van der Waals surface area contributed by atoms with Crippen LogP contribution in [0.25, 0.3) is 0 Å². The van der Waals surface area contributed by atoms with Gasteiger partial charge < -0.3 is 5.32 Å². The smallest absolute Gasteiger partial charge is 0.313 e. The van der Waals surface area contributed by atoms with Crippen LogP contribution >= 0.6 is 0 Å². The van der Waals surface area contributed by atoms with Gasteiger partial charge in [0.05, 0.1) is 5.56 Å². The summed E-state index contributed by atoms with van der Waals surface area (Å²) in [6.45, 7) is 3.09. The fourth-order valence-electron chi connectivity index (χ4n) is 2.85. The van der Waals surface area contributed by atoms with Gasteiger partial charge in [0.25, 0.3) is 0 Å². The Bertz CT molecular complexity index is 397. The number of alkyl halides is 3. The van der Waals surface area contributed by atoms with Crippen molar-refractivity contribution >= 4 is 0 Å². The Balaban J connectivity index is 2.08. The fraction of sp³-hybridized carbons (Fsp3) is 0.600. The van der Waals surface area contributed by atoms with Gasteiger partial charge >= 0.3 is 6.18 Å². The predicted octanol–water partition coefficient (Wildman–Crippen LogP) is 4.34. The highest BCUT2D eigenvalue weighted by molar-refractivity contribution is 5.28. The largest absolute Gasteiger partial charge is 0.416 e. The second-order valence-electron chi connectivity index (χ2n) is 5.22. The van der Waals surface area contributed by atoms with E-state index in [1.165, 1.54) is 12.1 Å². The molecule has 0 aromatic heterocycles. The molecule has 1 aromatic carbocycles. The van der Waals surface area contributed by atoms with Crippen LogP contribution in [0, 0.1) is 0 Å². The standard InChI is InChI=1S/C15H20F3N/c1-2-10-19-14-5-3-4-13(14)11-6-8-12(9-7-11)15(16,17)18/h6-9,13-14,19H,2-5,10H2,1H3. The molecule has 4 heteroatoms. The van der Waals surface area contributed by atoms with Crippen LogP contribution in [-0.2, 0) is 6.18 Å². The number of rotatable bonds is 4. The summed E-state index contributed by atoms with van der Waals surface area (Å²) in [7, 11) is 0. The predicted molar refractivity (Wildman–Crippen MR) is 70.1 cm³/mol. The molecule has 0 spiro atoms. The van der Waals surface area contributed by atoms with Crippen LogP contribution in [0.15, 0.2) is 24.3 Å². The molecule has 0 aliphatic heterocycles. The van der Waals surface area contributed by atoms with Crippen LogP contribution < -0.4 is 5.32 Å². The molecule has 106 valence electrons. The van der Waals surface area contributed by atoms with E-state index in [1.807, 2.05) is 0 Å². The third-order valence-corrected chi connectivity index (χ3v) is 3.84. The van der Waals surface area contributed by atoms with E-state index in [2.05, 4.69) is 12.2 Å². The molecule has 0 heterocycles. The molecular weight excluding hydrogens is 251 g/mol. The van der Waals surface area contributed by atoms with Gasteiger partial charge in [-0.1, -0.05) is 25.5 Å². The van der Waals surface area contributed by atoms with Gasteiger partial charge in [-0.25, -0.2) is 0 Å². The normalized spacial score (nSPS) is 23.8. The van der Waals surface area contributed by atoms with Crippen LogP contribution in [-0.4, -0.2) is 12.6 Å². The van der Waals surface area contributed by atoms with E-state index in [1.54, 1.807) is 12.1 Å². The Morgan fingerprint density at radius 2 is 1.84 bits per heavy atom. The first-order valence-electron chi connectivity index (χ1n) is 6.93. The molecule has 1 saturated carbocycles. The van der Waals surface area contributed by atoms with E-state index < -0.39 is 11.7 Å². The molecule has 0 radical (unpaired) electrons. The molecule has 1 aliphatic carbocycles. The van der Waals surface area contributed by atoms with Crippen molar-refractivity contribution in [3.8, 4) is 0 Å². The molecule has 1 aliphatic rings. The van der Waals surface area contributed by atoms with Crippen LogP contribution in [0.4, 0.5) is 13.2 Å². The lowest BCUT2D eigenvalue weighted by Gasteiger charge is -2.21. The summed E-state index contributed by atoms with van der Waals surface area (Å²) < 4.78 is 37.6. The average Bonchev–Trinajstić information content (AvgIpc) is 2.83. The summed E-state index contributed by atoms with van der Waals surface area (Å²) in [5.74, 6) is 0.355. The number of nitrogens with one attached hydrogen (secondary N) is 1. The fourth-order valence-corrected chi connectivity index (χ4v) is 2.85. The zero-order valence-corrected chi connectivity index (χ0v) is 11.1. The van der Waals surface area contributed by atoms with Crippen molar-refractivity contribution in [1.82, 2.24) is 5.32 Å². The minimum absolute atomic E-state index is 0.355. The Morgan fingerprint density at radius 3 is 2.42 bits per heavy atom. The van der Waals surface area contributed by atoms with E-state index in [4.69, 9.17) is 0 Å².